The number of nitrogens with one attached hydrogen (secondary N) is 1. The minimum Gasteiger partial charge on any atom is -0.481 e. The summed E-state index contributed by atoms with van der Waals surface area (Å²) in [4.78, 5) is 39.4. The summed E-state index contributed by atoms with van der Waals surface area (Å²) in [7, 11) is 1.63. The molecule has 1 saturated heterocycles. The summed E-state index contributed by atoms with van der Waals surface area (Å²) in [6.45, 7) is 0.813. The van der Waals surface area contributed by atoms with Crippen molar-refractivity contribution in [3.8, 4) is 0 Å². The lowest BCUT2D eigenvalue weighted by Gasteiger charge is -2.30. The molecule has 3 aromatic rings. The lowest BCUT2D eigenvalue weighted by Crippen LogP contribution is -2.40. The molecule has 5 rings (SSSR count). The Balaban J connectivity index is 1.22. The van der Waals surface area contributed by atoms with Crippen molar-refractivity contribution in [2.24, 2.45) is 5.92 Å². The monoisotopic (exact) mass is 618 g/mol. The van der Waals surface area contributed by atoms with Crippen molar-refractivity contribution in [1.29, 1.82) is 0 Å². The number of ether oxygens (including phenoxy) is 2. The molecule has 2 N–H and O–H groups in total. The second-order valence-electron chi connectivity index (χ2n) is 10.6. The van der Waals surface area contributed by atoms with Crippen LogP contribution >= 0.6 is 34.5 Å². The number of likely N-dealkylation sites (tertiary alicyclic amines) is 1. The van der Waals surface area contributed by atoms with E-state index in [4.69, 9.17) is 32.7 Å². The number of nitrogens with zero attached hydrogens (tertiary/aromatic N) is 1. The molecule has 1 saturated carbocycles. The number of carboxylic acids is 1. The van der Waals surface area contributed by atoms with Gasteiger partial charge in [0.15, 0.2) is 0 Å². The smallest absolute Gasteiger partial charge is 0.306 e. The Morgan fingerprint density at radius 1 is 1.07 bits per heavy atom. The topological polar surface area (TPSA) is 105 Å². The minimum absolute atomic E-state index is 0.00720. The summed E-state index contributed by atoms with van der Waals surface area (Å²) < 4.78 is 12.7. The van der Waals surface area contributed by atoms with Gasteiger partial charge in [0.05, 0.1) is 53.5 Å². The summed E-state index contributed by atoms with van der Waals surface area (Å²) in [5, 5.41) is 15.4. The number of carboxylic acid groups (broad SMARTS) is 1. The maximum atomic E-state index is 13.4. The van der Waals surface area contributed by atoms with E-state index in [1.807, 2.05) is 29.6 Å². The van der Waals surface area contributed by atoms with Gasteiger partial charge < -0.3 is 24.8 Å². The predicted octanol–water partition coefficient (Wildman–Crippen LogP) is 6.28. The van der Waals surface area contributed by atoms with Crippen LogP contribution in [0.25, 0.3) is 10.1 Å². The van der Waals surface area contributed by atoms with E-state index in [0.29, 0.717) is 67.1 Å². The Morgan fingerprint density at radius 2 is 1.83 bits per heavy atom. The molecule has 1 aliphatic heterocycles. The first kappa shape index (κ1) is 29.8. The first-order valence-electron chi connectivity index (χ1n) is 13.7. The third-order valence-electron chi connectivity index (χ3n) is 8.03. The van der Waals surface area contributed by atoms with Gasteiger partial charge in [-0.3, -0.25) is 14.4 Å². The van der Waals surface area contributed by atoms with E-state index in [-0.39, 0.29) is 47.4 Å². The first-order valence-corrected chi connectivity index (χ1v) is 15.3. The van der Waals surface area contributed by atoms with Crippen molar-refractivity contribution in [3.05, 3.63) is 63.0 Å². The van der Waals surface area contributed by atoms with Gasteiger partial charge >= 0.3 is 5.97 Å². The first-order chi connectivity index (χ1) is 19.7. The Bertz CT molecular complexity index is 1440. The Kier molecular flexibility index (Phi) is 9.51. The number of aliphatic carboxylic acids is 1. The number of amides is 2. The zero-order valence-corrected chi connectivity index (χ0v) is 24.9. The van der Waals surface area contributed by atoms with Crippen molar-refractivity contribution in [2.75, 3.05) is 25.6 Å². The number of fused-ring (bicyclic) bond motifs is 1. The molecule has 0 unspecified atom stereocenters. The van der Waals surface area contributed by atoms with E-state index in [9.17, 15) is 19.5 Å². The molecule has 1 aromatic heterocycles. The van der Waals surface area contributed by atoms with Crippen LogP contribution in [0.15, 0.2) is 41.8 Å². The molecule has 11 heteroatoms. The number of carbonyl (C=O) groups excluding carboxylic acids is 2. The van der Waals surface area contributed by atoms with Gasteiger partial charge in [-0.1, -0.05) is 41.4 Å². The largest absolute Gasteiger partial charge is 0.481 e. The number of halogens is 2. The average molecular weight is 620 g/mol. The fourth-order valence-electron chi connectivity index (χ4n) is 5.66. The van der Waals surface area contributed by atoms with Gasteiger partial charge in [-0.25, -0.2) is 0 Å². The van der Waals surface area contributed by atoms with Crippen LogP contribution in [0.3, 0.4) is 0 Å². The van der Waals surface area contributed by atoms with Gasteiger partial charge in [-0.05, 0) is 55.9 Å². The second-order valence-corrected chi connectivity index (χ2v) is 12.4. The van der Waals surface area contributed by atoms with Crippen molar-refractivity contribution in [3.63, 3.8) is 0 Å². The van der Waals surface area contributed by atoms with E-state index in [1.54, 1.807) is 24.1 Å². The molecular weight excluding hydrogens is 587 g/mol. The summed E-state index contributed by atoms with van der Waals surface area (Å²) in [5.74, 6) is -1.45. The average Bonchev–Trinajstić information content (AvgIpc) is 3.59. The summed E-state index contributed by atoms with van der Waals surface area (Å²) in [6, 6.07) is 10.7. The summed E-state index contributed by atoms with van der Waals surface area (Å²) in [5.41, 5.74) is 1.49. The number of carbonyl (C=O) groups is 3. The molecule has 2 aliphatic rings. The molecule has 2 fully saturated rings. The van der Waals surface area contributed by atoms with Crippen LogP contribution in [-0.4, -0.2) is 66.3 Å². The van der Waals surface area contributed by atoms with Gasteiger partial charge in [0, 0.05) is 34.1 Å². The van der Waals surface area contributed by atoms with Crippen molar-refractivity contribution in [1.82, 2.24) is 4.90 Å². The van der Waals surface area contributed by atoms with E-state index >= 15 is 0 Å². The molecule has 0 spiro atoms. The molecule has 2 heterocycles. The lowest BCUT2D eigenvalue weighted by molar-refractivity contribution is -0.144. The van der Waals surface area contributed by atoms with Gasteiger partial charge in [0.25, 0.3) is 5.91 Å². The lowest BCUT2D eigenvalue weighted by atomic mass is 9.87. The standard InChI is InChI=1S/C30H32Cl2N2O6S/c1-39-21-12-19(15-40-20-8-6-17(7-9-20)30(37)38)34(14-21)28(35)11-18-10-25(32)26(13-24(18)31)33-29(36)23-16-41-27-5-3-2-4-22(23)27/h2-5,10,13,16-17,19-21H,6-9,11-12,14-15H2,1H3,(H,33,36)(H,37,38)/t17-,19-,20-,21-/m0/s1. The molecular formula is C30H32Cl2N2O6S. The molecule has 41 heavy (non-hydrogen) atoms. The van der Waals surface area contributed by atoms with Crippen LogP contribution in [0.4, 0.5) is 5.69 Å². The highest BCUT2D eigenvalue weighted by Gasteiger charge is 2.36. The number of thiophene rings is 1. The van der Waals surface area contributed by atoms with E-state index in [0.717, 1.165) is 10.1 Å². The Morgan fingerprint density at radius 3 is 2.56 bits per heavy atom. The van der Waals surface area contributed by atoms with Gasteiger partial charge in [0.1, 0.15) is 0 Å². The highest BCUT2D eigenvalue weighted by Crippen LogP contribution is 2.33. The fraction of sp³-hybridized carbons (Fsp3) is 0.433. The maximum Gasteiger partial charge on any atom is 0.306 e. The van der Waals surface area contributed by atoms with Crippen molar-refractivity contribution < 1.29 is 29.0 Å². The van der Waals surface area contributed by atoms with Crippen LogP contribution in [0, 0.1) is 5.92 Å². The van der Waals surface area contributed by atoms with E-state index < -0.39 is 5.97 Å². The molecule has 2 atom stereocenters. The minimum atomic E-state index is -0.746. The molecule has 2 aromatic carbocycles. The Labute approximate surface area is 252 Å². The quantitative estimate of drug-likeness (QED) is 0.292. The second kappa shape index (κ2) is 13.1. The number of methoxy groups -OCH3 is 1. The zero-order valence-electron chi connectivity index (χ0n) is 22.6. The van der Waals surface area contributed by atoms with Crippen molar-refractivity contribution >= 4 is 68.1 Å². The molecule has 218 valence electrons. The Hall–Kier alpha value is -2.69. The van der Waals surface area contributed by atoms with Gasteiger partial charge in [-0.2, -0.15) is 0 Å². The predicted molar refractivity (Wildman–Crippen MR) is 160 cm³/mol. The molecule has 1 aliphatic carbocycles. The van der Waals surface area contributed by atoms with E-state index in [1.165, 1.54) is 11.3 Å². The van der Waals surface area contributed by atoms with Crippen LogP contribution in [0.5, 0.6) is 0 Å². The summed E-state index contributed by atoms with van der Waals surface area (Å²) in [6.07, 6.45) is 3.20. The van der Waals surface area contributed by atoms with Crippen LogP contribution in [0.1, 0.15) is 48.0 Å². The normalized spacial score (nSPS) is 22.7. The summed E-state index contributed by atoms with van der Waals surface area (Å²) >= 11 is 14.6. The molecule has 8 nitrogen and oxygen atoms in total. The number of benzene rings is 2. The zero-order chi connectivity index (χ0) is 29.1. The van der Waals surface area contributed by atoms with Crippen LogP contribution in [0.2, 0.25) is 10.0 Å². The highest BCUT2D eigenvalue weighted by atomic mass is 35.5. The molecule has 0 bridgehead atoms. The highest BCUT2D eigenvalue weighted by molar-refractivity contribution is 7.17. The third kappa shape index (κ3) is 6.87. The molecule has 0 radical (unpaired) electrons. The van der Waals surface area contributed by atoms with Crippen LogP contribution < -0.4 is 5.32 Å². The van der Waals surface area contributed by atoms with E-state index in [2.05, 4.69) is 5.32 Å². The number of anilines is 1. The van der Waals surface area contributed by atoms with Crippen LogP contribution in [-0.2, 0) is 25.5 Å². The SMILES string of the molecule is CO[C@H]1C[C@@H](CO[C@H]2CC[C@H](C(=O)O)CC2)N(C(=O)Cc2cc(Cl)c(NC(=O)c3csc4ccccc34)cc2Cl)C1. The fourth-order valence-corrected chi connectivity index (χ4v) is 7.06. The number of rotatable bonds is 9. The number of hydrogen-bond donors (Lipinski definition) is 2. The third-order valence-corrected chi connectivity index (χ3v) is 9.66. The molecule has 2 amide bonds. The van der Waals surface area contributed by atoms with Crippen molar-refractivity contribution in [2.45, 2.75) is 56.8 Å². The van der Waals surface area contributed by atoms with Gasteiger partial charge in [0.2, 0.25) is 5.91 Å². The number of hydrogen-bond acceptors (Lipinski definition) is 6. The van der Waals surface area contributed by atoms with Gasteiger partial charge in [-0.15, -0.1) is 11.3 Å². The maximum absolute atomic E-state index is 13.4.